The molecule has 2 fully saturated rings. The molecule has 0 radical (unpaired) electrons. The first kappa shape index (κ1) is 13.8. The number of aliphatic hydroxyl groups excluding tert-OH is 1. The minimum Gasteiger partial charge on any atom is -0.391 e. The molecular weight excluding hydrogens is 256 g/mol. The Bertz CT molecular complexity index is 467. The van der Waals surface area contributed by atoms with E-state index in [0.29, 0.717) is 13.1 Å². The summed E-state index contributed by atoms with van der Waals surface area (Å²) in [5.41, 5.74) is -1.29. The number of aliphatic hydroxyl groups is 1. The predicted molar refractivity (Wildman–Crippen MR) is 66.3 cm³/mol. The quantitative estimate of drug-likeness (QED) is 0.713. The number of hydrogen-bond donors (Lipinski definition) is 2. The molecule has 1 spiro atoms. The van der Waals surface area contributed by atoms with Crippen LogP contribution in [0.25, 0.3) is 0 Å². The van der Waals surface area contributed by atoms with Crippen molar-refractivity contribution in [1.29, 1.82) is 0 Å². The second-order valence-corrected chi connectivity index (χ2v) is 7.81. The Hall–Kier alpha value is -0.660. The van der Waals surface area contributed by atoms with Gasteiger partial charge in [0.15, 0.2) is 0 Å². The van der Waals surface area contributed by atoms with Gasteiger partial charge in [-0.2, -0.15) is 0 Å². The van der Waals surface area contributed by atoms with Crippen molar-refractivity contribution in [3.63, 3.8) is 0 Å². The van der Waals surface area contributed by atoms with Crippen molar-refractivity contribution in [1.82, 2.24) is 9.62 Å². The number of carbonyl (C=O) groups excluding carboxylic acids is 1. The van der Waals surface area contributed by atoms with Gasteiger partial charge >= 0.3 is 0 Å². The SMILES string of the molecule is CC(C)(NS(C)(=O)=O)C(=O)N1CC(O)C2(CC2)C1. The van der Waals surface area contributed by atoms with Crippen molar-refractivity contribution in [3.05, 3.63) is 0 Å². The monoisotopic (exact) mass is 276 g/mol. The minimum atomic E-state index is -3.44. The van der Waals surface area contributed by atoms with Crippen LogP contribution in [0.1, 0.15) is 26.7 Å². The van der Waals surface area contributed by atoms with E-state index in [1.807, 2.05) is 0 Å². The average molecular weight is 276 g/mol. The molecule has 0 aromatic rings. The Balaban J connectivity index is 2.08. The van der Waals surface area contributed by atoms with Gasteiger partial charge < -0.3 is 10.0 Å². The summed E-state index contributed by atoms with van der Waals surface area (Å²) in [6, 6.07) is 0. The molecule has 2 aliphatic rings. The Kier molecular flexibility index (Phi) is 2.99. The van der Waals surface area contributed by atoms with Crippen molar-refractivity contribution >= 4 is 15.9 Å². The highest BCUT2D eigenvalue weighted by Gasteiger charge is 2.56. The van der Waals surface area contributed by atoms with Gasteiger partial charge in [-0.3, -0.25) is 4.79 Å². The highest BCUT2D eigenvalue weighted by molar-refractivity contribution is 7.88. The standard InChI is InChI=1S/C11H20N2O4S/c1-10(2,12-18(3,16)17)9(15)13-6-8(14)11(7-13)4-5-11/h8,12,14H,4-7H2,1-3H3. The smallest absolute Gasteiger partial charge is 0.243 e. The molecule has 1 aliphatic carbocycles. The third-order valence-corrected chi connectivity index (χ3v) is 4.64. The number of nitrogens with zero attached hydrogens (tertiary/aromatic N) is 1. The highest BCUT2D eigenvalue weighted by atomic mass is 32.2. The second kappa shape index (κ2) is 3.91. The van der Waals surface area contributed by atoms with Crippen molar-refractivity contribution in [2.75, 3.05) is 19.3 Å². The Morgan fingerprint density at radius 2 is 2.00 bits per heavy atom. The Morgan fingerprint density at radius 3 is 2.39 bits per heavy atom. The topological polar surface area (TPSA) is 86.7 Å². The summed E-state index contributed by atoms with van der Waals surface area (Å²) in [7, 11) is -3.44. The number of nitrogens with one attached hydrogen (secondary N) is 1. The number of sulfonamides is 1. The molecule has 6 nitrogen and oxygen atoms in total. The summed E-state index contributed by atoms with van der Waals surface area (Å²) in [6.45, 7) is 3.91. The van der Waals surface area contributed by atoms with Crippen molar-refractivity contribution in [2.24, 2.45) is 5.41 Å². The van der Waals surface area contributed by atoms with Crippen LogP contribution >= 0.6 is 0 Å². The lowest BCUT2D eigenvalue weighted by Crippen LogP contribution is -2.55. The fourth-order valence-corrected chi connectivity index (χ4v) is 3.68. The first-order valence-electron chi connectivity index (χ1n) is 6.02. The molecule has 0 aromatic heterocycles. The molecule has 1 aliphatic heterocycles. The molecule has 2 rings (SSSR count). The number of amides is 1. The van der Waals surface area contributed by atoms with Crippen LogP contribution in [-0.2, 0) is 14.8 Å². The average Bonchev–Trinajstić information content (AvgIpc) is 2.85. The third-order valence-electron chi connectivity index (χ3n) is 3.76. The molecule has 1 heterocycles. The Morgan fingerprint density at radius 1 is 1.44 bits per heavy atom. The Labute approximate surface area is 107 Å². The minimum absolute atomic E-state index is 0.114. The fraction of sp³-hybridized carbons (Fsp3) is 0.909. The molecule has 104 valence electrons. The molecule has 1 unspecified atom stereocenters. The first-order valence-corrected chi connectivity index (χ1v) is 7.91. The van der Waals surface area contributed by atoms with E-state index < -0.39 is 21.7 Å². The van der Waals surface area contributed by atoms with Gasteiger partial charge in [0, 0.05) is 18.5 Å². The number of carbonyl (C=O) groups is 1. The summed E-state index contributed by atoms with van der Waals surface area (Å²) in [5.74, 6) is -0.282. The summed E-state index contributed by atoms with van der Waals surface area (Å²) in [5, 5.41) is 9.90. The molecule has 0 aromatic carbocycles. The largest absolute Gasteiger partial charge is 0.391 e. The molecule has 7 heteroatoms. The van der Waals surface area contributed by atoms with Crippen LogP contribution in [0.5, 0.6) is 0 Å². The van der Waals surface area contributed by atoms with Gasteiger partial charge in [0.2, 0.25) is 15.9 Å². The van der Waals surface area contributed by atoms with Crippen LogP contribution in [0.2, 0.25) is 0 Å². The zero-order valence-electron chi connectivity index (χ0n) is 10.9. The molecule has 18 heavy (non-hydrogen) atoms. The van der Waals surface area contributed by atoms with Gasteiger partial charge in [-0.25, -0.2) is 13.1 Å². The highest BCUT2D eigenvalue weighted by Crippen LogP contribution is 2.52. The number of rotatable bonds is 3. The number of β-amino-alcohol motifs (C(OH)–C–C–N with tert-alkyl or cyclic N) is 1. The number of hydrogen-bond acceptors (Lipinski definition) is 4. The lowest BCUT2D eigenvalue weighted by molar-refractivity contribution is -0.135. The van der Waals surface area contributed by atoms with Crippen LogP contribution in [0, 0.1) is 5.41 Å². The summed E-state index contributed by atoms with van der Waals surface area (Å²) in [4.78, 5) is 13.9. The van der Waals surface area contributed by atoms with E-state index in [0.717, 1.165) is 19.1 Å². The van der Waals surface area contributed by atoms with Crippen LogP contribution in [0.3, 0.4) is 0 Å². The molecule has 2 N–H and O–H groups in total. The van der Waals surface area contributed by atoms with Gasteiger partial charge in [-0.1, -0.05) is 0 Å². The van der Waals surface area contributed by atoms with E-state index in [2.05, 4.69) is 4.72 Å². The van der Waals surface area contributed by atoms with Crippen LogP contribution in [0.15, 0.2) is 0 Å². The van der Waals surface area contributed by atoms with Crippen molar-refractivity contribution < 1.29 is 18.3 Å². The van der Waals surface area contributed by atoms with Crippen molar-refractivity contribution in [2.45, 2.75) is 38.3 Å². The lowest BCUT2D eigenvalue weighted by Gasteiger charge is -2.29. The third kappa shape index (κ3) is 2.53. The zero-order valence-corrected chi connectivity index (χ0v) is 11.7. The fourth-order valence-electron chi connectivity index (χ4n) is 2.66. The van der Waals surface area contributed by atoms with Crippen LogP contribution < -0.4 is 4.72 Å². The summed E-state index contributed by atoms with van der Waals surface area (Å²) < 4.78 is 24.8. The maximum absolute atomic E-state index is 12.3. The van der Waals surface area contributed by atoms with Gasteiger partial charge in [0.1, 0.15) is 5.54 Å². The first-order chi connectivity index (χ1) is 8.06. The van der Waals surface area contributed by atoms with Gasteiger partial charge in [-0.15, -0.1) is 0 Å². The molecular formula is C11H20N2O4S. The zero-order chi connectivity index (χ0) is 13.8. The lowest BCUT2D eigenvalue weighted by atomic mass is 10.0. The maximum atomic E-state index is 12.3. The van der Waals surface area contributed by atoms with Crippen LogP contribution in [0.4, 0.5) is 0 Å². The molecule has 1 amide bonds. The normalized spacial score (nSPS) is 26.7. The predicted octanol–water partition coefficient (Wildman–Crippen LogP) is -0.702. The molecule has 1 saturated carbocycles. The van der Waals surface area contributed by atoms with Gasteiger partial charge in [-0.05, 0) is 26.7 Å². The van der Waals surface area contributed by atoms with E-state index in [1.165, 1.54) is 0 Å². The molecule has 1 atom stereocenters. The van der Waals surface area contributed by atoms with Crippen LogP contribution in [-0.4, -0.2) is 55.3 Å². The second-order valence-electron chi connectivity index (χ2n) is 6.06. The molecule has 1 saturated heterocycles. The number of likely N-dealkylation sites (tertiary alicyclic amines) is 1. The molecule has 0 bridgehead atoms. The van der Waals surface area contributed by atoms with Gasteiger partial charge in [0.25, 0.3) is 0 Å². The summed E-state index contributed by atoms with van der Waals surface area (Å²) in [6.07, 6.45) is 2.44. The van der Waals surface area contributed by atoms with Crippen molar-refractivity contribution in [3.8, 4) is 0 Å². The maximum Gasteiger partial charge on any atom is 0.243 e. The van der Waals surface area contributed by atoms with Gasteiger partial charge in [0.05, 0.1) is 12.4 Å². The van der Waals surface area contributed by atoms with E-state index in [1.54, 1.807) is 18.7 Å². The van der Waals surface area contributed by atoms with E-state index >= 15 is 0 Å². The van der Waals surface area contributed by atoms with E-state index in [4.69, 9.17) is 0 Å². The van der Waals surface area contributed by atoms with E-state index in [-0.39, 0.29) is 11.3 Å². The van der Waals surface area contributed by atoms with E-state index in [9.17, 15) is 18.3 Å². The summed E-state index contributed by atoms with van der Waals surface area (Å²) >= 11 is 0.